The molecule has 5 rings (SSSR count). The molecule has 0 amide bonds. The first-order valence-electron chi connectivity index (χ1n) is 15.5. The SMILES string of the molecule is COCOCC1(OCc2ccccc2)CC(n2cc(C)c(=O)n(COCc3ccccc3)c2=O)OC1(CO)COCc1ccccc1. The molecule has 11 heteroatoms. The summed E-state index contributed by atoms with van der Waals surface area (Å²) in [5.74, 6) is 0. The fraction of sp³-hybridized carbons (Fsp3) is 0.389. The number of benzene rings is 3. The summed E-state index contributed by atoms with van der Waals surface area (Å²) in [7, 11) is 1.51. The highest BCUT2D eigenvalue weighted by Gasteiger charge is 2.62. The second-order valence-corrected chi connectivity index (χ2v) is 11.6. The van der Waals surface area contributed by atoms with Crippen LogP contribution in [0.1, 0.15) is 34.9 Å². The maximum atomic E-state index is 13.9. The summed E-state index contributed by atoms with van der Waals surface area (Å²) in [6, 6.07) is 28.7. The van der Waals surface area contributed by atoms with Crippen molar-refractivity contribution in [2.75, 3.05) is 33.7 Å². The van der Waals surface area contributed by atoms with Crippen LogP contribution in [0.3, 0.4) is 0 Å². The van der Waals surface area contributed by atoms with Crippen LogP contribution in [-0.2, 0) is 55.0 Å². The summed E-state index contributed by atoms with van der Waals surface area (Å²) >= 11 is 0. The zero-order valence-electron chi connectivity index (χ0n) is 26.8. The molecule has 0 aliphatic carbocycles. The minimum Gasteiger partial charge on any atom is -0.393 e. The number of hydrogen-bond acceptors (Lipinski definition) is 9. The van der Waals surface area contributed by atoms with Crippen molar-refractivity contribution in [2.24, 2.45) is 0 Å². The number of aliphatic hydroxyl groups excluding tert-OH is 1. The molecule has 1 aliphatic heterocycles. The number of nitrogens with zero attached hydrogens (tertiary/aromatic N) is 2. The average molecular weight is 647 g/mol. The Bertz CT molecular complexity index is 1660. The topological polar surface area (TPSA) is 120 Å². The van der Waals surface area contributed by atoms with E-state index in [0.717, 1.165) is 21.3 Å². The van der Waals surface area contributed by atoms with Crippen LogP contribution < -0.4 is 11.2 Å². The van der Waals surface area contributed by atoms with Crippen molar-refractivity contribution in [1.82, 2.24) is 9.13 Å². The largest absolute Gasteiger partial charge is 0.393 e. The molecule has 1 aromatic heterocycles. The van der Waals surface area contributed by atoms with E-state index in [4.69, 9.17) is 28.4 Å². The molecule has 1 aliphatic rings. The first-order chi connectivity index (χ1) is 22.9. The van der Waals surface area contributed by atoms with E-state index in [-0.39, 0.29) is 53.0 Å². The summed E-state index contributed by atoms with van der Waals surface area (Å²) in [6.07, 6.45) is 0.622. The fourth-order valence-corrected chi connectivity index (χ4v) is 5.75. The Morgan fingerprint density at radius 3 is 1.96 bits per heavy atom. The van der Waals surface area contributed by atoms with Crippen LogP contribution in [0.4, 0.5) is 0 Å². The van der Waals surface area contributed by atoms with Crippen molar-refractivity contribution in [3.8, 4) is 0 Å². The molecule has 4 aromatic rings. The van der Waals surface area contributed by atoms with E-state index in [1.807, 2.05) is 91.0 Å². The zero-order chi connectivity index (χ0) is 33.1. The Morgan fingerprint density at radius 1 is 0.809 bits per heavy atom. The molecule has 1 saturated heterocycles. The number of hydrogen-bond donors (Lipinski definition) is 1. The second-order valence-electron chi connectivity index (χ2n) is 11.6. The highest BCUT2D eigenvalue weighted by Crippen LogP contribution is 2.47. The van der Waals surface area contributed by atoms with Crippen LogP contribution in [0, 0.1) is 6.92 Å². The van der Waals surface area contributed by atoms with Gasteiger partial charge in [-0.2, -0.15) is 0 Å². The molecular weight excluding hydrogens is 604 g/mol. The van der Waals surface area contributed by atoms with Crippen molar-refractivity contribution in [3.63, 3.8) is 0 Å². The van der Waals surface area contributed by atoms with Gasteiger partial charge in [-0.25, -0.2) is 9.36 Å². The van der Waals surface area contributed by atoms with Gasteiger partial charge in [0.05, 0.1) is 39.6 Å². The van der Waals surface area contributed by atoms with E-state index in [1.54, 1.807) is 6.92 Å². The molecule has 1 fully saturated rings. The fourth-order valence-electron chi connectivity index (χ4n) is 5.75. The van der Waals surface area contributed by atoms with E-state index in [0.29, 0.717) is 5.56 Å². The smallest absolute Gasteiger partial charge is 0.335 e. The lowest BCUT2D eigenvalue weighted by molar-refractivity contribution is -0.236. The van der Waals surface area contributed by atoms with Gasteiger partial charge in [0.1, 0.15) is 31.0 Å². The standard InChI is InChI=1S/C36H42N2O9/c1-28-19-37(34(41)38(33(28)40)26-44-21-30-14-8-4-9-15-30)32-18-35(24-45-27-42-2,46-22-31-16-10-5-11-17-31)36(23-39,47-32)25-43-20-29-12-6-3-7-13-29/h3-17,19,32,39H,18,20-27H2,1-2H3. The predicted octanol–water partition coefficient (Wildman–Crippen LogP) is 3.94. The Balaban J connectivity index is 1.48. The van der Waals surface area contributed by atoms with Crippen LogP contribution in [0.25, 0.3) is 0 Å². The summed E-state index contributed by atoms with van der Waals surface area (Å²) < 4.78 is 38.7. The summed E-state index contributed by atoms with van der Waals surface area (Å²) in [5.41, 5.74) is -0.772. The number of aryl methyl sites for hydroxylation is 1. The second kappa shape index (κ2) is 16.2. The third kappa shape index (κ3) is 8.14. The molecular formula is C36H42N2O9. The van der Waals surface area contributed by atoms with Gasteiger partial charge in [0.2, 0.25) is 0 Å². The Labute approximate surface area is 273 Å². The maximum absolute atomic E-state index is 13.9. The first kappa shape index (κ1) is 34.4. The van der Waals surface area contributed by atoms with Crippen LogP contribution in [0.5, 0.6) is 0 Å². The third-order valence-corrected chi connectivity index (χ3v) is 8.30. The molecule has 0 spiro atoms. The zero-order valence-corrected chi connectivity index (χ0v) is 26.8. The lowest BCUT2D eigenvalue weighted by Gasteiger charge is -2.42. The van der Waals surface area contributed by atoms with Gasteiger partial charge in [-0.3, -0.25) is 9.36 Å². The third-order valence-electron chi connectivity index (χ3n) is 8.30. The lowest BCUT2D eigenvalue weighted by atomic mass is 9.83. The normalized spacial score (nSPS) is 20.9. The van der Waals surface area contributed by atoms with Crippen LogP contribution in [0.2, 0.25) is 0 Å². The van der Waals surface area contributed by atoms with Crippen LogP contribution >= 0.6 is 0 Å². The maximum Gasteiger partial charge on any atom is 0.335 e. The van der Waals surface area contributed by atoms with Gasteiger partial charge in [0, 0.05) is 25.3 Å². The average Bonchev–Trinajstić information content (AvgIpc) is 3.42. The minimum atomic E-state index is -1.47. The van der Waals surface area contributed by atoms with Gasteiger partial charge in [-0.05, 0) is 23.6 Å². The number of aliphatic hydroxyl groups is 1. The summed E-state index contributed by atoms with van der Waals surface area (Å²) in [5, 5.41) is 11.1. The number of ether oxygens (including phenoxy) is 6. The van der Waals surface area contributed by atoms with Crippen LogP contribution in [-0.4, -0.2) is 59.2 Å². The van der Waals surface area contributed by atoms with E-state index in [2.05, 4.69) is 0 Å². The molecule has 3 aromatic carbocycles. The van der Waals surface area contributed by atoms with Crippen molar-refractivity contribution < 1.29 is 33.5 Å². The number of rotatable bonds is 17. The lowest BCUT2D eigenvalue weighted by Crippen LogP contribution is -2.60. The minimum absolute atomic E-state index is 0.0316. The Hall–Kier alpha value is -3.94. The van der Waals surface area contributed by atoms with Gasteiger partial charge in [-0.15, -0.1) is 0 Å². The van der Waals surface area contributed by atoms with E-state index < -0.39 is 35.3 Å². The monoisotopic (exact) mass is 646 g/mol. The molecule has 0 bridgehead atoms. The molecule has 3 unspecified atom stereocenters. The predicted molar refractivity (Wildman–Crippen MR) is 173 cm³/mol. The highest BCUT2D eigenvalue weighted by atomic mass is 16.7. The molecule has 47 heavy (non-hydrogen) atoms. The van der Waals surface area contributed by atoms with Gasteiger partial charge in [-0.1, -0.05) is 91.0 Å². The quantitative estimate of drug-likeness (QED) is 0.134. The van der Waals surface area contributed by atoms with Gasteiger partial charge < -0.3 is 33.5 Å². The molecule has 11 nitrogen and oxygen atoms in total. The molecule has 250 valence electrons. The van der Waals surface area contributed by atoms with Crippen molar-refractivity contribution in [1.29, 1.82) is 0 Å². The van der Waals surface area contributed by atoms with Crippen molar-refractivity contribution in [2.45, 2.75) is 57.3 Å². The van der Waals surface area contributed by atoms with Gasteiger partial charge in [0.25, 0.3) is 5.56 Å². The van der Waals surface area contributed by atoms with Crippen LogP contribution in [0.15, 0.2) is 107 Å². The molecule has 3 atom stereocenters. The Morgan fingerprint density at radius 2 is 1.38 bits per heavy atom. The molecule has 2 heterocycles. The van der Waals surface area contributed by atoms with Crippen molar-refractivity contribution in [3.05, 3.63) is 140 Å². The van der Waals surface area contributed by atoms with Gasteiger partial charge in [0.15, 0.2) is 0 Å². The van der Waals surface area contributed by atoms with E-state index in [9.17, 15) is 14.7 Å². The number of methoxy groups -OCH3 is 1. The summed E-state index contributed by atoms with van der Waals surface area (Å²) in [4.78, 5) is 27.0. The number of aromatic nitrogens is 2. The van der Waals surface area contributed by atoms with Gasteiger partial charge >= 0.3 is 5.69 Å². The van der Waals surface area contributed by atoms with E-state index >= 15 is 0 Å². The molecule has 0 radical (unpaired) electrons. The van der Waals surface area contributed by atoms with E-state index in [1.165, 1.54) is 17.9 Å². The summed E-state index contributed by atoms with van der Waals surface area (Å²) in [6.45, 7) is 1.39. The first-order valence-corrected chi connectivity index (χ1v) is 15.5. The molecule has 1 N–H and O–H groups in total. The Kier molecular flexibility index (Phi) is 11.9. The highest BCUT2D eigenvalue weighted by molar-refractivity contribution is 5.17. The van der Waals surface area contributed by atoms with Crippen molar-refractivity contribution >= 4 is 0 Å². The molecule has 0 saturated carbocycles.